The Balaban J connectivity index is 2.65. The number of benzene rings is 1. The Labute approximate surface area is 175 Å². The molecule has 0 heterocycles. The SMILES string of the molecule is CCOC(=O)/C=C/C[C@H](NC(=O)[C@H](NC(=O)OCc1ccccc1)C(C)C)C(=O)O. The van der Waals surface area contributed by atoms with Crippen LogP contribution in [-0.2, 0) is 30.5 Å². The van der Waals surface area contributed by atoms with Crippen LogP contribution >= 0.6 is 0 Å². The van der Waals surface area contributed by atoms with Gasteiger partial charge in [-0.05, 0) is 24.8 Å². The van der Waals surface area contributed by atoms with E-state index in [1.54, 1.807) is 32.9 Å². The first-order valence-corrected chi connectivity index (χ1v) is 9.58. The lowest BCUT2D eigenvalue weighted by Gasteiger charge is -2.23. The molecule has 0 radical (unpaired) electrons. The molecule has 0 aromatic heterocycles. The smallest absolute Gasteiger partial charge is 0.408 e. The molecule has 0 aliphatic carbocycles. The fraction of sp³-hybridized carbons (Fsp3) is 0.429. The number of hydrogen-bond acceptors (Lipinski definition) is 6. The second-order valence-electron chi connectivity index (χ2n) is 6.72. The molecular formula is C21H28N2O7. The van der Waals surface area contributed by atoms with Crippen LogP contribution in [0.1, 0.15) is 32.8 Å². The number of aliphatic carboxylic acids is 1. The molecule has 0 saturated carbocycles. The molecule has 0 aliphatic heterocycles. The molecule has 0 unspecified atom stereocenters. The number of carboxylic acids is 1. The standard InChI is InChI=1S/C21H28N2O7/c1-4-29-17(24)12-8-11-16(20(26)27)22-19(25)18(14(2)3)23-21(28)30-13-15-9-6-5-7-10-15/h5-10,12,14,16,18H,4,11,13H2,1-3H3,(H,22,25)(H,23,28)(H,26,27)/b12-8+/t16-,18+/m0/s1. The van der Waals surface area contributed by atoms with Crippen molar-refractivity contribution in [2.45, 2.75) is 45.9 Å². The van der Waals surface area contributed by atoms with Crippen molar-refractivity contribution in [3.63, 3.8) is 0 Å². The number of amides is 2. The fourth-order valence-electron chi connectivity index (χ4n) is 2.40. The zero-order valence-corrected chi connectivity index (χ0v) is 17.3. The molecule has 9 nitrogen and oxygen atoms in total. The number of carboxylic acid groups (broad SMARTS) is 1. The minimum atomic E-state index is -1.27. The summed E-state index contributed by atoms with van der Waals surface area (Å²) in [4.78, 5) is 47.3. The maximum Gasteiger partial charge on any atom is 0.408 e. The van der Waals surface area contributed by atoms with Crippen LogP contribution in [0.3, 0.4) is 0 Å². The maximum atomic E-state index is 12.5. The van der Waals surface area contributed by atoms with Crippen molar-refractivity contribution in [2.75, 3.05) is 6.61 Å². The summed E-state index contributed by atoms with van der Waals surface area (Å²) in [5.74, 6) is -2.86. The van der Waals surface area contributed by atoms with Gasteiger partial charge in [0.15, 0.2) is 0 Å². The highest BCUT2D eigenvalue weighted by Gasteiger charge is 2.28. The number of hydrogen-bond donors (Lipinski definition) is 3. The average molecular weight is 420 g/mol. The van der Waals surface area contributed by atoms with Crippen LogP contribution in [0.4, 0.5) is 4.79 Å². The van der Waals surface area contributed by atoms with Crippen LogP contribution in [0.5, 0.6) is 0 Å². The second kappa shape index (κ2) is 13.0. The van der Waals surface area contributed by atoms with Gasteiger partial charge in [0, 0.05) is 6.08 Å². The summed E-state index contributed by atoms with van der Waals surface area (Å²) in [6.45, 7) is 5.30. The number of rotatable bonds is 11. The molecule has 1 aromatic rings. The Morgan fingerprint density at radius 2 is 1.73 bits per heavy atom. The fourth-order valence-corrected chi connectivity index (χ4v) is 2.40. The van der Waals surface area contributed by atoms with Crippen LogP contribution in [0.15, 0.2) is 42.5 Å². The van der Waals surface area contributed by atoms with Gasteiger partial charge >= 0.3 is 18.0 Å². The summed E-state index contributed by atoms with van der Waals surface area (Å²) in [7, 11) is 0. The van der Waals surface area contributed by atoms with Gasteiger partial charge in [-0.2, -0.15) is 0 Å². The van der Waals surface area contributed by atoms with E-state index >= 15 is 0 Å². The van der Waals surface area contributed by atoms with E-state index in [9.17, 15) is 24.3 Å². The molecule has 0 bridgehead atoms. The molecular weight excluding hydrogens is 392 g/mol. The van der Waals surface area contributed by atoms with E-state index in [0.29, 0.717) is 0 Å². The third kappa shape index (κ3) is 9.22. The van der Waals surface area contributed by atoms with Crippen molar-refractivity contribution in [3.8, 4) is 0 Å². The third-order valence-electron chi connectivity index (χ3n) is 3.96. The van der Waals surface area contributed by atoms with Crippen molar-refractivity contribution in [1.29, 1.82) is 0 Å². The first-order chi connectivity index (χ1) is 14.2. The van der Waals surface area contributed by atoms with Crippen LogP contribution in [0.25, 0.3) is 0 Å². The highest BCUT2D eigenvalue weighted by molar-refractivity contribution is 5.89. The number of nitrogens with one attached hydrogen (secondary N) is 2. The van der Waals surface area contributed by atoms with Crippen LogP contribution in [-0.4, -0.2) is 47.7 Å². The average Bonchev–Trinajstić information content (AvgIpc) is 2.70. The molecule has 3 N–H and O–H groups in total. The first kappa shape index (κ1) is 24.7. The van der Waals surface area contributed by atoms with Crippen molar-refractivity contribution in [3.05, 3.63) is 48.0 Å². The molecule has 164 valence electrons. The normalized spacial score (nSPS) is 12.8. The van der Waals surface area contributed by atoms with Gasteiger partial charge in [-0.15, -0.1) is 0 Å². The molecule has 0 saturated heterocycles. The Bertz CT molecular complexity index is 747. The van der Waals surface area contributed by atoms with Gasteiger partial charge in [-0.3, -0.25) is 4.79 Å². The van der Waals surface area contributed by atoms with Gasteiger partial charge in [0.1, 0.15) is 18.7 Å². The predicted octanol–water partition coefficient (Wildman–Crippen LogP) is 2.02. The van der Waals surface area contributed by atoms with Crippen molar-refractivity contribution in [1.82, 2.24) is 10.6 Å². The summed E-state index contributed by atoms with van der Waals surface area (Å²) >= 11 is 0. The third-order valence-corrected chi connectivity index (χ3v) is 3.96. The molecule has 2 atom stereocenters. The Morgan fingerprint density at radius 1 is 1.07 bits per heavy atom. The van der Waals surface area contributed by atoms with Crippen molar-refractivity contribution in [2.24, 2.45) is 5.92 Å². The number of esters is 1. The van der Waals surface area contributed by atoms with E-state index in [2.05, 4.69) is 10.6 Å². The van der Waals surface area contributed by atoms with Crippen molar-refractivity contribution >= 4 is 23.9 Å². The van der Waals surface area contributed by atoms with Crippen LogP contribution in [0.2, 0.25) is 0 Å². The molecule has 9 heteroatoms. The molecule has 1 rings (SSSR count). The van der Waals surface area contributed by atoms with Gasteiger partial charge in [0.25, 0.3) is 0 Å². The second-order valence-corrected chi connectivity index (χ2v) is 6.72. The Morgan fingerprint density at radius 3 is 2.30 bits per heavy atom. The summed E-state index contributed by atoms with van der Waals surface area (Å²) in [6.07, 6.45) is 1.50. The lowest BCUT2D eigenvalue weighted by atomic mass is 10.0. The van der Waals surface area contributed by atoms with Gasteiger partial charge in [0.05, 0.1) is 6.61 Å². The molecule has 0 spiro atoms. The van der Waals surface area contributed by atoms with Crippen LogP contribution < -0.4 is 10.6 Å². The van der Waals surface area contributed by atoms with E-state index in [-0.39, 0.29) is 25.6 Å². The minimum absolute atomic E-state index is 0.0372. The number of alkyl carbamates (subject to hydrolysis) is 1. The minimum Gasteiger partial charge on any atom is -0.480 e. The number of carbonyl (C=O) groups is 4. The Kier molecular flexibility index (Phi) is 10.7. The summed E-state index contributed by atoms with van der Waals surface area (Å²) in [5, 5.41) is 14.2. The summed E-state index contributed by atoms with van der Waals surface area (Å²) in [6, 6.07) is 6.77. The summed E-state index contributed by atoms with van der Waals surface area (Å²) < 4.78 is 9.83. The molecule has 30 heavy (non-hydrogen) atoms. The quantitative estimate of drug-likeness (QED) is 0.369. The Hall–Kier alpha value is -3.36. The van der Waals surface area contributed by atoms with E-state index < -0.39 is 36.0 Å². The highest BCUT2D eigenvalue weighted by Crippen LogP contribution is 2.06. The van der Waals surface area contributed by atoms with Gasteiger partial charge < -0.3 is 25.2 Å². The van der Waals surface area contributed by atoms with Gasteiger partial charge in [-0.1, -0.05) is 50.3 Å². The lowest BCUT2D eigenvalue weighted by Crippen LogP contribution is -2.53. The summed E-state index contributed by atoms with van der Waals surface area (Å²) in [5.41, 5.74) is 0.789. The van der Waals surface area contributed by atoms with E-state index in [0.717, 1.165) is 11.6 Å². The van der Waals surface area contributed by atoms with E-state index in [4.69, 9.17) is 9.47 Å². The van der Waals surface area contributed by atoms with E-state index in [1.165, 1.54) is 6.08 Å². The largest absolute Gasteiger partial charge is 0.480 e. The molecule has 2 amide bonds. The van der Waals surface area contributed by atoms with Crippen molar-refractivity contribution < 1.29 is 33.8 Å². The number of carbonyl (C=O) groups excluding carboxylic acids is 3. The zero-order chi connectivity index (χ0) is 22.5. The first-order valence-electron chi connectivity index (χ1n) is 9.58. The topological polar surface area (TPSA) is 131 Å². The van der Waals surface area contributed by atoms with Gasteiger partial charge in [-0.25, -0.2) is 14.4 Å². The van der Waals surface area contributed by atoms with Gasteiger partial charge in [0.2, 0.25) is 5.91 Å². The molecule has 0 fully saturated rings. The van der Waals surface area contributed by atoms with Crippen LogP contribution in [0, 0.1) is 5.92 Å². The van der Waals surface area contributed by atoms with E-state index in [1.807, 2.05) is 18.2 Å². The predicted molar refractivity (Wildman–Crippen MR) is 108 cm³/mol. The monoisotopic (exact) mass is 420 g/mol. The zero-order valence-electron chi connectivity index (χ0n) is 17.3. The lowest BCUT2D eigenvalue weighted by molar-refractivity contribution is -0.142. The maximum absolute atomic E-state index is 12.5. The molecule has 1 aromatic carbocycles. The highest BCUT2D eigenvalue weighted by atomic mass is 16.5. The molecule has 0 aliphatic rings. The number of ether oxygens (including phenoxy) is 2.